The summed E-state index contributed by atoms with van der Waals surface area (Å²) in [5, 5.41) is 14.3. The molecule has 78 valence electrons. The molecule has 0 spiro atoms. The molecular formula is C8H14FN5. The number of nitrogens with one attached hydrogen (secondary N) is 1. The number of rotatable bonds is 3. The first-order valence-corrected chi connectivity index (χ1v) is 4.63. The molecule has 1 aromatic heterocycles. The number of aromatic nitrogens is 4. The van der Waals surface area contributed by atoms with Crippen LogP contribution in [0.5, 0.6) is 0 Å². The predicted molar refractivity (Wildman–Crippen MR) is 48.2 cm³/mol. The second-order valence-electron chi connectivity index (χ2n) is 4.06. The summed E-state index contributed by atoms with van der Waals surface area (Å²) in [6.45, 7) is 1.91. The number of nitrogens with zero attached hydrogens (tertiary/aromatic N) is 4. The molecule has 5 nitrogen and oxygen atoms in total. The van der Waals surface area contributed by atoms with Gasteiger partial charge in [-0.05, 0) is 23.9 Å². The summed E-state index contributed by atoms with van der Waals surface area (Å²) in [7, 11) is 3.56. The van der Waals surface area contributed by atoms with Crippen molar-refractivity contribution in [3.63, 3.8) is 0 Å². The van der Waals surface area contributed by atoms with Crippen LogP contribution in [0.1, 0.15) is 25.2 Å². The standard InChI is InChI=1S/C8H14FN5/c1-8(4-5(8)9)6(10-2)7-11-12-13-14(7)3/h5-6,10H,4H2,1-3H3. The SMILES string of the molecule is CNC(c1nnnn1C)C1(C)CC1F. The van der Waals surface area contributed by atoms with Gasteiger partial charge in [-0.15, -0.1) is 5.10 Å². The minimum atomic E-state index is -0.753. The topological polar surface area (TPSA) is 55.6 Å². The van der Waals surface area contributed by atoms with E-state index in [1.807, 2.05) is 6.92 Å². The van der Waals surface area contributed by atoms with Crippen LogP contribution in [0.3, 0.4) is 0 Å². The summed E-state index contributed by atoms with van der Waals surface area (Å²) >= 11 is 0. The Balaban J connectivity index is 2.27. The zero-order valence-electron chi connectivity index (χ0n) is 8.53. The Morgan fingerprint density at radius 1 is 1.71 bits per heavy atom. The lowest BCUT2D eigenvalue weighted by molar-refractivity contribution is 0.289. The summed E-state index contributed by atoms with van der Waals surface area (Å²) in [6.07, 6.45) is -0.178. The number of halogens is 1. The number of hydrogen-bond acceptors (Lipinski definition) is 4. The van der Waals surface area contributed by atoms with Crippen molar-refractivity contribution >= 4 is 0 Å². The molecule has 1 aromatic rings. The van der Waals surface area contributed by atoms with Gasteiger partial charge in [0.05, 0.1) is 6.04 Å². The first kappa shape index (κ1) is 9.51. The molecule has 0 aromatic carbocycles. The lowest BCUT2D eigenvalue weighted by atomic mass is 9.98. The second kappa shape index (κ2) is 2.98. The highest BCUT2D eigenvalue weighted by atomic mass is 19.1. The van der Waals surface area contributed by atoms with E-state index in [1.165, 1.54) is 0 Å². The van der Waals surface area contributed by atoms with Gasteiger partial charge in [0.25, 0.3) is 0 Å². The van der Waals surface area contributed by atoms with E-state index in [0.29, 0.717) is 12.2 Å². The third-order valence-electron chi connectivity index (χ3n) is 3.03. The zero-order chi connectivity index (χ0) is 10.3. The van der Waals surface area contributed by atoms with Crippen LogP contribution in [-0.4, -0.2) is 33.4 Å². The minimum Gasteiger partial charge on any atom is -0.310 e. The Kier molecular flexibility index (Phi) is 2.02. The van der Waals surface area contributed by atoms with Crippen LogP contribution in [-0.2, 0) is 7.05 Å². The van der Waals surface area contributed by atoms with Crippen molar-refractivity contribution in [3.8, 4) is 0 Å². The number of tetrazole rings is 1. The lowest BCUT2D eigenvalue weighted by Crippen LogP contribution is -2.29. The van der Waals surface area contributed by atoms with Crippen molar-refractivity contribution in [1.82, 2.24) is 25.5 Å². The minimum absolute atomic E-state index is 0.113. The maximum atomic E-state index is 13.2. The van der Waals surface area contributed by atoms with Gasteiger partial charge in [0.2, 0.25) is 0 Å². The van der Waals surface area contributed by atoms with Crippen molar-refractivity contribution in [2.24, 2.45) is 12.5 Å². The van der Waals surface area contributed by atoms with Crippen LogP contribution in [0, 0.1) is 5.41 Å². The Morgan fingerprint density at radius 2 is 2.36 bits per heavy atom. The van der Waals surface area contributed by atoms with Crippen molar-refractivity contribution < 1.29 is 4.39 Å². The fourth-order valence-electron chi connectivity index (χ4n) is 1.86. The Bertz CT molecular complexity index is 338. The average molecular weight is 199 g/mol. The fraction of sp³-hybridized carbons (Fsp3) is 0.875. The van der Waals surface area contributed by atoms with E-state index in [4.69, 9.17) is 0 Å². The Labute approximate surface area is 81.7 Å². The van der Waals surface area contributed by atoms with Crippen LogP contribution in [0.4, 0.5) is 4.39 Å². The monoisotopic (exact) mass is 199 g/mol. The molecule has 3 atom stereocenters. The molecular weight excluding hydrogens is 185 g/mol. The van der Waals surface area contributed by atoms with Crippen LogP contribution in [0.2, 0.25) is 0 Å². The first-order chi connectivity index (χ1) is 6.59. The van der Waals surface area contributed by atoms with Crippen LogP contribution >= 0.6 is 0 Å². The molecule has 0 amide bonds. The summed E-state index contributed by atoms with van der Waals surface area (Å²) in [5.74, 6) is 0.690. The molecule has 2 rings (SSSR count). The molecule has 1 N–H and O–H groups in total. The third kappa shape index (κ3) is 1.21. The molecule has 1 aliphatic rings. The molecule has 14 heavy (non-hydrogen) atoms. The number of hydrogen-bond donors (Lipinski definition) is 1. The van der Waals surface area contributed by atoms with Crippen molar-refractivity contribution in [2.75, 3.05) is 7.05 Å². The van der Waals surface area contributed by atoms with E-state index < -0.39 is 6.17 Å². The summed E-state index contributed by atoms with van der Waals surface area (Å²) in [5.41, 5.74) is -0.350. The van der Waals surface area contributed by atoms with Gasteiger partial charge in [-0.2, -0.15) is 0 Å². The second-order valence-corrected chi connectivity index (χ2v) is 4.06. The maximum Gasteiger partial charge on any atom is 0.168 e. The molecule has 1 heterocycles. The summed E-state index contributed by atoms with van der Waals surface area (Å²) < 4.78 is 14.8. The molecule has 1 saturated carbocycles. The van der Waals surface area contributed by atoms with E-state index >= 15 is 0 Å². The van der Waals surface area contributed by atoms with Crippen LogP contribution < -0.4 is 5.32 Å². The highest BCUT2D eigenvalue weighted by molar-refractivity contribution is 5.13. The van der Waals surface area contributed by atoms with Crippen molar-refractivity contribution in [1.29, 1.82) is 0 Å². The van der Waals surface area contributed by atoms with E-state index in [1.54, 1.807) is 18.8 Å². The Hall–Kier alpha value is -1.04. The van der Waals surface area contributed by atoms with Gasteiger partial charge in [-0.1, -0.05) is 6.92 Å². The van der Waals surface area contributed by atoms with Crippen LogP contribution in [0.25, 0.3) is 0 Å². The molecule has 1 fully saturated rings. The van der Waals surface area contributed by atoms with E-state index in [2.05, 4.69) is 20.8 Å². The number of aryl methyl sites for hydroxylation is 1. The molecule has 3 unspecified atom stereocenters. The van der Waals surface area contributed by atoms with Crippen molar-refractivity contribution in [2.45, 2.75) is 25.6 Å². The molecule has 0 aliphatic heterocycles. The van der Waals surface area contributed by atoms with Crippen LogP contribution in [0.15, 0.2) is 0 Å². The van der Waals surface area contributed by atoms with Gasteiger partial charge < -0.3 is 5.32 Å². The van der Waals surface area contributed by atoms with Gasteiger partial charge in [-0.25, -0.2) is 9.07 Å². The smallest absolute Gasteiger partial charge is 0.168 e. The first-order valence-electron chi connectivity index (χ1n) is 4.63. The lowest BCUT2D eigenvalue weighted by Gasteiger charge is -2.20. The third-order valence-corrected chi connectivity index (χ3v) is 3.03. The van der Waals surface area contributed by atoms with Gasteiger partial charge in [-0.3, -0.25) is 0 Å². The van der Waals surface area contributed by atoms with E-state index in [0.717, 1.165) is 0 Å². The predicted octanol–water partition coefficient (Wildman–Crippen LogP) is 0.219. The van der Waals surface area contributed by atoms with E-state index in [9.17, 15) is 4.39 Å². The van der Waals surface area contributed by atoms with Crippen molar-refractivity contribution in [3.05, 3.63) is 5.82 Å². The highest BCUT2D eigenvalue weighted by Gasteiger charge is 2.57. The van der Waals surface area contributed by atoms with Gasteiger partial charge in [0.15, 0.2) is 5.82 Å². The average Bonchev–Trinajstić information content (AvgIpc) is 2.57. The summed E-state index contributed by atoms with van der Waals surface area (Å²) in [6, 6.07) is -0.113. The quantitative estimate of drug-likeness (QED) is 0.756. The fourth-order valence-corrected chi connectivity index (χ4v) is 1.86. The normalized spacial score (nSPS) is 33.0. The molecule has 0 bridgehead atoms. The van der Waals surface area contributed by atoms with E-state index in [-0.39, 0.29) is 11.5 Å². The molecule has 6 heteroatoms. The molecule has 0 radical (unpaired) electrons. The highest BCUT2D eigenvalue weighted by Crippen LogP contribution is 2.55. The summed E-state index contributed by atoms with van der Waals surface area (Å²) in [4.78, 5) is 0. The molecule has 0 saturated heterocycles. The Morgan fingerprint density at radius 3 is 2.71 bits per heavy atom. The van der Waals surface area contributed by atoms with Gasteiger partial charge in [0.1, 0.15) is 6.17 Å². The van der Waals surface area contributed by atoms with Gasteiger partial charge >= 0.3 is 0 Å². The molecule has 1 aliphatic carbocycles. The largest absolute Gasteiger partial charge is 0.310 e. The van der Waals surface area contributed by atoms with Gasteiger partial charge in [0, 0.05) is 12.5 Å². The number of alkyl halides is 1. The zero-order valence-corrected chi connectivity index (χ0v) is 8.53. The maximum absolute atomic E-state index is 13.2.